The Kier molecular flexibility index (Phi) is 5.36. The van der Waals surface area contributed by atoms with Gasteiger partial charge >= 0.3 is 0 Å². The molecule has 84 valence electrons. The van der Waals surface area contributed by atoms with E-state index in [-0.39, 0.29) is 0 Å². The number of nitrogens with one attached hydrogen (secondary N) is 1. The SMILES string of the molecule is NCCNCC(O)c1cc(Cl)ccc1Cl. The number of aliphatic hydroxyl groups excluding tert-OH is 1. The zero-order chi connectivity index (χ0) is 11.3. The molecule has 0 aliphatic rings. The fourth-order valence-corrected chi connectivity index (χ4v) is 1.64. The third-order valence-corrected chi connectivity index (χ3v) is 2.56. The van der Waals surface area contributed by atoms with Crippen LogP contribution in [0.4, 0.5) is 0 Å². The predicted molar refractivity (Wildman–Crippen MR) is 63.3 cm³/mol. The van der Waals surface area contributed by atoms with Crippen molar-refractivity contribution in [2.24, 2.45) is 5.73 Å². The normalized spacial score (nSPS) is 12.8. The third-order valence-electron chi connectivity index (χ3n) is 1.98. The Bertz CT molecular complexity index is 320. The summed E-state index contributed by atoms with van der Waals surface area (Å²) in [6.45, 7) is 1.61. The molecule has 3 nitrogen and oxygen atoms in total. The van der Waals surface area contributed by atoms with Gasteiger partial charge in [-0.3, -0.25) is 0 Å². The fourth-order valence-electron chi connectivity index (χ4n) is 1.22. The lowest BCUT2D eigenvalue weighted by molar-refractivity contribution is 0.175. The second kappa shape index (κ2) is 6.30. The van der Waals surface area contributed by atoms with Gasteiger partial charge in [0.05, 0.1) is 6.10 Å². The lowest BCUT2D eigenvalue weighted by Gasteiger charge is -2.13. The van der Waals surface area contributed by atoms with E-state index in [1.54, 1.807) is 18.2 Å². The molecule has 0 aliphatic carbocycles. The van der Waals surface area contributed by atoms with Crippen LogP contribution in [0.25, 0.3) is 0 Å². The summed E-state index contributed by atoms with van der Waals surface area (Å²) in [6, 6.07) is 5.03. The van der Waals surface area contributed by atoms with Crippen LogP contribution in [0.3, 0.4) is 0 Å². The molecule has 0 heterocycles. The van der Waals surface area contributed by atoms with E-state index in [2.05, 4.69) is 5.32 Å². The van der Waals surface area contributed by atoms with E-state index in [0.29, 0.717) is 35.2 Å². The van der Waals surface area contributed by atoms with Crippen LogP contribution in [0.15, 0.2) is 18.2 Å². The van der Waals surface area contributed by atoms with E-state index in [4.69, 9.17) is 28.9 Å². The number of benzene rings is 1. The van der Waals surface area contributed by atoms with Crippen LogP contribution in [-0.2, 0) is 0 Å². The van der Waals surface area contributed by atoms with Gasteiger partial charge in [0.2, 0.25) is 0 Å². The lowest BCUT2D eigenvalue weighted by Crippen LogP contribution is -2.27. The van der Waals surface area contributed by atoms with Crippen molar-refractivity contribution in [3.05, 3.63) is 33.8 Å². The van der Waals surface area contributed by atoms with Gasteiger partial charge < -0.3 is 16.2 Å². The van der Waals surface area contributed by atoms with Crippen LogP contribution < -0.4 is 11.1 Å². The van der Waals surface area contributed by atoms with Crippen LogP contribution in [0.5, 0.6) is 0 Å². The molecule has 1 atom stereocenters. The summed E-state index contributed by atoms with van der Waals surface area (Å²) in [7, 11) is 0. The zero-order valence-electron chi connectivity index (χ0n) is 8.21. The molecule has 0 saturated heterocycles. The summed E-state index contributed by atoms with van der Waals surface area (Å²) < 4.78 is 0. The molecule has 4 N–H and O–H groups in total. The molecule has 1 rings (SSSR count). The number of rotatable bonds is 5. The van der Waals surface area contributed by atoms with Crippen molar-refractivity contribution in [3.8, 4) is 0 Å². The number of hydrogen-bond acceptors (Lipinski definition) is 3. The first-order chi connectivity index (χ1) is 7.15. The molecular weight excluding hydrogens is 235 g/mol. The van der Waals surface area contributed by atoms with Crippen LogP contribution in [0.1, 0.15) is 11.7 Å². The Morgan fingerprint density at radius 1 is 1.40 bits per heavy atom. The number of hydrogen-bond donors (Lipinski definition) is 3. The number of nitrogens with two attached hydrogens (primary N) is 1. The van der Waals surface area contributed by atoms with E-state index in [1.807, 2.05) is 0 Å². The summed E-state index contributed by atoms with van der Waals surface area (Å²) in [6.07, 6.45) is -0.664. The molecule has 0 fully saturated rings. The zero-order valence-corrected chi connectivity index (χ0v) is 9.72. The Balaban J connectivity index is 2.64. The first-order valence-electron chi connectivity index (χ1n) is 4.69. The summed E-state index contributed by atoms with van der Waals surface area (Å²) in [5, 5.41) is 13.9. The standard InChI is InChI=1S/C10H14Cl2N2O/c11-7-1-2-9(12)8(5-7)10(15)6-14-4-3-13/h1-2,5,10,14-15H,3-4,6,13H2. The van der Waals surface area contributed by atoms with Crippen molar-refractivity contribution in [1.82, 2.24) is 5.32 Å². The summed E-state index contributed by atoms with van der Waals surface area (Å²) >= 11 is 11.7. The van der Waals surface area contributed by atoms with Crippen molar-refractivity contribution in [3.63, 3.8) is 0 Å². The first-order valence-corrected chi connectivity index (χ1v) is 5.44. The van der Waals surface area contributed by atoms with Crippen molar-refractivity contribution in [2.45, 2.75) is 6.10 Å². The van der Waals surface area contributed by atoms with E-state index in [9.17, 15) is 5.11 Å². The fraction of sp³-hybridized carbons (Fsp3) is 0.400. The summed E-state index contributed by atoms with van der Waals surface area (Å²) in [4.78, 5) is 0. The highest BCUT2D eigenvalue weighted by Gasteiger charge is 2.11. The maximum Gasteiger partial charge on any atom is 0.0929 e. The Morgan fingerprint density at radius 2 is 2.13 bits per heavy atom. The van der Waals surface area contributed by atoms with Gasteiger partial charge in [-0.05, 0) is 18.2 Å². The minimum absolute atomic E-state index is 0.414. The van der Waals surface area contributed by atoms with Crippen LogP contribution >= 0.6 is 23.2 Å². The van der Waals surface area contributed by atoms with Gasteiger partial charge in [0.15, 0.2) is 0 Å². The van der Waals surface area contributed by atoms with Crippen molar-refractivity contribution < 1.29 is 5.11 Å². The van der Waals surface area contributed by atoms with E-state index >= 15 is 0 Å². The molecule has 1 aromatic carbocycles. The van der Waals surface area contributed by atoms with E-state index in [0.717, 1.165) is 0 Å². The Hall–Kier alpha value is -0.320. The molecule has 0 saturated carbocycles. The molecule has 0 radical (unpaired) electrons. The van der Waals surface area contributed by atoms with Crippen molar-refractivity contribution >= 4 is 23.2 Å². The molecule has 0 aliphatic heterocycles. The van der Waals surface area contributed by atoms with Crippen LogP contribution in [0.2, 0.25) is 10.0 Å². The maximum absolute atomic E-state index is 9.81. The average molecular weight is 249 g/mol. The van der Waals surface area contributed by atoms with Crippen LogP contribution in [0, 0.1) is 0 Å². The minimum Gasteiger partial charge on any atom is -0.387 e. The van der Waals surface area contributed by atoms with E-state index < -0.39 is 6.10 Å². The highest BCUT2D eigenvalue weighted by Crippen LogP contribution is 2.25. The maximum atomic E-state index is 9.81. The topological polar surface area (TPSA) is 58.3 Å². The third kappa shape index (κ3) is 3.97. The van der Waals surface area contributed by atoms with Gasteiger partial charge in [0.1, 0.15) is 0 Å². The van der Waals surface area contributed by atoms with E-state index in [1.165, 1.54) is 0 Å². The molecule has 1 unspecified atom stereocenters. The smallest absolute Gasteiger partial charge is 0.0929 e. The predicted octanol–water partition coefficient (Wildman–Crippen LogP) is 1.58. The molecular formula is C10H14Cl2N2O. The monoisotopic (exact) mass is 248 g/mol. The number of aliphatic hydroxyl groups is 1. The van der Waals surface area contributed by atoms with Gasteiger partial charge in [-0.25, -0.2) is 0 Å². The molecule has 5 heteroatoms. The van der Waals surface area contributed by atoms with Gasteiger partial charge in [-0.2, -0.15) is 0 Å². The summed E-state index contributed by atoms with van der Waals surface area (Å²) in [5.41, 5.74) is 5.95. The molecule has 0 bridgehead atoms. The average Bonchev–Trinajstić information content (AvgIpc) is 2.22. The molecule has 0 amide bonds. The Morgan fingerprint density at radius 3 is 2.80 bits per heavy atom. The van der Waals surface area contributed by atoms with Gasteiger partial charge in [0.25, 0.3) is 0 Å². The number of halogens is 2. The molecule has 15 heavy (non-hydrogen) atoms. The van der Waals surface area contributed by atoms with Crippen LogP contribution in [-0.4, -0.2) is 24.7 Å². The minimum atomic E-state index is -0.664. The van der Waals surface area contributed by atoms with Crippen molar-refractivity contribution in [1.29, 1.82) is 0 Å². The quantitative estimate of drug-likeness (QED) is 0.694. The lowest BCUT2D eigenvalue weighted by atomic mass is 10.1. The molecule has 0 spiro atoms. The van der Waals surface area contributed by atoms with Gasteiger partial charge in [-0.1, -0.05) is 23.2 Å². The second-order valence-electron chi connectivity index (χ2n) is 3.17. The molecule has 1 aromatic rings. The summed E-state index contributed by atoms with van der Waals surface area (Å²) in [5.74, 6) is 0. The van der Waals surface area contributed by atoms with Gasteiger partial charge in [-0.15, -0.1) is 0 Å². The highest BCUT2D eigenvalue weighted by atomic mass is 35.5. The van der Waals surface area contributed by atoms with Gasteiger partial charge in [0, 0.05) is 35.2 Å². The second-order valence-corrected chi connectivity index (χ2v) is 4.02. The Labute approximate surface area is 99.2 Å². The first kappa shape index (κ1) is 12.7. The van der Waals surface area contributed by atoms with Crippen molar-refractivity contribution in [2.75, 3.05) is 19.6 Å². The highest BCUT2D eigenvalue weighted by molar-refractivity contribution is 6.33. The largest absolute Gasteiger partial charge is 0.387 e. The molecule has 0 aromatic heterocycles.